The Morgan fingerprint density at radius 3 is 2.45 bits per heavy atom. The lowest BCUT2D eigenvalue weighted by atomic mass is 10.1. The number of hydrogen-bond donors (Lipinski definition) is 1. The number of hydrogen-bond acceptors (Lipinski definition) is 5. The maximum Gasteiger partial charge on any atom is 0.273 e. The Morgan fingerprint density at radius 1 is 1.03 bits per heavy atom. The van der Waals surface area contributed by atoms with E-state index in [2.05, 4.69) is 20.5 Å². The number of aromatic nitrogens is 3. The molecule has 0 saturated carbocycles. The first-order chi connectivity index (χ1) is 14.3. The third kappa shape index (κ3) is 5.28. The first-order valence-electron chi connectivity index (χ1n) is 9.88. The van der Waals surface area contributed by atoms with Crippen molar-refractivity contribution in [3.05, 3.63) is 83.7 Å². The van der Waals surface area contributed by atoms with Crippen molar-refractivity contribution in [2.75, 3.05) is 32.8 Å². The van der Waals surface area contributed by atoms with Gasteiger partial charge in [-0.25, -0.2) is 4.68 Å². The Balaban J connectivity index is 1.44. The molecule has 7 nitrogen and oxygen atoms in total. The normalized spacial score (nSPS) is 15.7. The number of rotatable bonds is 7. The zero-order chi connectivity index (χ0) is 19.9. The Hall–Kier alpha value is -3.03. The molecular weight excluding hydrogens is 366 g/mol. The minimum absolute atomic E-state index is 0.124. The molecule has 0 spiro atoms. The maximum atomic E-state index is 12.9. The van der Waals surface area contributed by atoms with Crippen LogP contribution in [0.5, 0.6) is 0 Å². The lowest BCUT2D eigenvalue weighted by molar-refractivity contribution is 0.0332. The molecule has 150 valence electrons. The van der Waals surface area contributed by atoms with Gasteiger partial charge < -0.3 is 10.1 Å². The molecule has 1 aliphatic heterocycles. The molecule has 29 heavy (non-hydrogen) atoms. The molecule has 7 heteroatoms. The van der Waals surface area contributed by atoms with Crippen molar-refractivity contribution in [2.24, 2.45) is 0 Å². The van der Waals surface area contributed by atoms with Crippen LogP contribution in [0.2, 0.25) is 0 Å². The monoisotopic (exact) mass is 391 g/mol. The van der Waals surface area contributed by atoms with Gasteiger partial charge in [0.25, 0.3) is 5.91 Å². The third-order valence-corrected chi connectivity index (χ3v) is 5.01. The van der Waals surface area contributed by atoms with Crippen molar-refractivity contribution in [3.63, 3.8) is 0 Å². The number of benzene rings is 2. The Kier molecular flexibility index (Phi) is 6.29. The maximum absolute atomic E-state index is 12.9. The molecule has 1 aromatic heterocycles. The molecule has 3 aromatic rings. The second kappa shape index (κ2) is 9.45. The van der Waals surface area contributed by atoms with Gasteiger partial charge in [-0.2, -0.15) is 0 Å². The molecule has 1 fully saturated rings. The SMILES string of the molecule is O=C(NC(CN1CCOCC1)c1ccccc1)c1cn(Cc2ccccc2)nn1. The smallest absolute Gasteiger partial charge is 0.273 e. The van der Waals surface area contributed by atoms with E-state index >= 15 is 0 Å². The lowest BCUT2D eigenvalue weighted by Crippen LogP contribution is -2.43. The van der Waals surface area contributed by atoms with Gasteiger partial charge in [-0.15, -0.1) is 5.10 Å². The van der Waals surface area contributed by atoms with Crippen molar-refractivity contribution in [2.45, 2.75) is 12.6 Å². The second-order valence-electron chi connectivity index (χ2n) is 7.14. The van der Waals surface area contributed by atoms with E-state index in [4.69, 9.17) is 4.74 Å². The predicted molar refractivity (Wildman–Crippen MR) is 109 cm³/mol. The van der Waals surface area contributed by atoms with E-state index in [-0.39, 0.29) is 11.9 Å². The Morgan fingerprint density at radius 2 is 1.72 bits per heavy atom. The number of nitrogens with one attached hydrogen (secondary N) is 1. The Labute approximate surface area is 170 Å². The van der Waals surface area contributed by atoms with E-state index < -0.39 is 0 Å². The van der Waals surface area contributed by atoms with Crippen molar-refractivity contribution in [1.82, 2.24) is 25.2 Å². The fourth-order valence-electron chi connectivity index (χ4n) is 3.44. The summed E-state index contributed by atoms with van der Waals surface area (Å²) < 4.78 is 7.12. The average molecular weight is 391 g/mol. The molecule has 2 aromatic carbocycles. The van der Waals surface area contributed by atoms with Gasteiger partial charge >= 0.3 is 0 Å². The summed E-state index contributed by atoms with van der Waals surface area (Å²) in [5.74, 6) is -0.216. The first-order valence-corrected chi connectivity index (χ1v) is 9.88. The van der Waals surface area contributed by atoms with Gasteiger partial charge in [-0.3, -0.25) is 9.69 Å². The molecule has 1 N–H and O–H groups in total. The summed E-state index contributed by atoms with van der Waals surface area (Å²) in [7, 11) is 0. The first kappa shape index (κ1) is 19.3. The molecule has 1 unspecified atom stereocenters. The number of ether oxygens (including phenoxy) is 1. The van der Waals surface area contributed by atoms with Gasteiger partial charge in [0.2, 0.25) is 0 Å². The lowest BCUT2D eigenvalue weighted by Gasteiger charge is -2.31. The molecule has 1 aliphatic rings. The van der Waals surface area contributed by atoms with Crippen LogP contribution in [0.4, 0.5) is 0 Å². The van der Waals surface area contributed by atoms with E-state index in [1.54, 1.807) is 10.9 Å². The molecule has 1 amide bonds. The molecule has 0 bridgehead atoms. The number of amides is 1. The largest absolute Gasteiger partial charge is 0.379 e. The standard InChI is InChI=1S/C22H25N5O2/c28-22(21-17-27(25-24-21)15-18-7-3-1-4-8-18)23-20(19-9-5-2-6-10-19)16-26-11-13-29-14-12-26/h1-10,17,20H,11-16H2,(H,23,28). The van der Waals surface area contributed by atoms with Gasteiger partial charge in [-0.1, -0.05) is 65.9 Å². The molecule has 0 radical (unpaired) electrons. The van der Waals surface area contributed by atoms with Gasteiger partial charge in [0.05, 0.1) is 32.0 Å². The van der Waals surface area contributed by atoms with Crippen molar-refractivity contribution >= 4 is 5.91 Å². The zero-order valence-corrected chi connectivity index (χ0v) is 16.3. The molecule has 0 aliphatic carbocycles. The third-order valence-electron chi connectivity index (χ3n) is 5.01. The molecular formula is C22H25N5O2. The number of carbonyl (C=O) groups excluding carboxylic acids is 1. The fraction of sp³-hybridized carbons (Fsp3) is 0.318. The highest BCUT2D eigenvalue weighted by Gasteiger charge is 2.22. The highest BCUT2D eigenvalue weighted by atomic mass is 16.5. The van der Waals surface area contributed by atoms with Crippen molar-refractivity contribution < 1.29 is 9.53 Å². The molecule has 2 heterocycles. The van der Waals surface area contributed by atoms with Crippen LogP contribution in [-0.4, -0.2) is 58.6 Å². The zero-order valence-electron chi connectivity index (χ0n) is 16.3. The topological polar surface area (TPSA) is 72.3 Å². The van der Waals surface area contributed by atoms with Crippen molar-refractivity contribution in [3.8, 4) is 0 Å². The van der Waals surface area contributed by atoms with Crippen molar-refractivity contribution in [1.29, 1.82) is 0 Å². The van der Waals surface area contributed by atoms with Crippen LogP contribution in [0.3, 0.4) is 0 Å². The van der Waals surface area contributed by atoms with E-state index in [1.807, 2.05) is 60.7 Å². The van der Waals surface area contributed by atoms with E-state index in [0.717, 1.165) is 44.0 Å². The molecule has 1 saturated heterocycles. The van der Waals surface area contributed by atoms with E-state index in [9.17, 15) is 4.79 Å². The second-order valence-corrected chi connectivity index (χ2v) is 7.14. The summed E-state index contributed by atoms with van der Waals surface area (Å²) in [5, 5.41) is 11.3. The van der Waals surface area contributed by atoms with Crippen LogP contribution in [0.25, 0.3) is 0 Å². The number of nitrogens with zero attached hydrogens (tertiary/aromatic N) is 4. The number of morpholine rings is 1. The average Bonchev–Trinajstić information content (AvgIpc) is 3.24. The van der Waals surface area contributed by atoms with E-state index in [0.29, 0.717) is 12.2 Å². The predicted octanol–water partition coefficient (Wildman–Crippen LogP) is 2.13. The summed E-state index contributed by atoms with van der Waals surface area (Å²) in [5.41, 5.74) is 2.51. The highest BCUT2D eigenvalue weighted by molar-refractivity contribution is 5.92. The van der Waals surface area contributed by atoms with Gasteiger partial charge in [0.1, 0.15) is 0 Å². The highest BCUT2D eigenvalue weighted by Crippen LogP contribution is 2.16. The van der Waals surface area contributed by atoms with Crippen LogP contribution in [0.1, 0.15) is 27.7 Å². The van der Waals surface area contributed by atoms with E-state index in [1.165, 1.54) is 0 Å². The van der Waals surface area contributed by atoms with Crippen LogP contribution in [0, 0.1) is 0 Å². The van der Waals surface area contributed by atoms with Gasteiger partial charge in [0.15, 0.2) is 5.69 Å². The summed E-state index contributed by atoms with van der Waals surface area (Å²) in [6.45, 7) is 4.50. The minimum atomic E-state index is -0.216. The Bertz CT molecular complexity index is 907. The van der Waals surface area contributed by atoms with Gasteiger partial charge in [-0.05, 0) is 11.1 Å². The fourth-order valence-corrected chi connectivity index (χ4v) is 3.44. The quantitative estimate of drug-likeness (QED) is 0.668. The van der Waals surface area contributed by atoms with Gasteiger partial charge in [0, 0.05) is 19.6 Å². The summed E-state index contributed by atoms with van der Waals surface area (Å²) in [6.07, 6.45) is 1.69. The minimum Gasteiger partial charge on any atom is -0.379 e. The van der Waals surface area contributed by atoms with Crippen LogP contribution in [0.15, 0.2) is 66.9 Å². The molecule has 4 rings (SSSR count). The van der Waals surface area contributed by atoms with Crippen LogP contribution in [-0.2, 0) is 11.3 Å². The van der Waals surface area contributed by atoms with Crippen LogP contribution < -0.4 is 5.32 Å². The summed E-state index contributed by atoms with van der Waals surface area (Å²) in [6, 6.07) is 19.9. The number of carbonyl (C=O) groups is 1. The molecule has 1 atom stereocenters. The van der Waals surface area contributed by atoms with Crippen LogP contribution >= 0.6 is 0 Å². The summed E-state index contributed by atoms with van der Waals surface area (Å²) >= 11 is 0. The summed E-state index contributed by atoms with van der Waals surface area (Å²) in [4.78, 5) is 15.2.